The van der Waals surface area contributed by atoms with Crippen LogP contribution in [-0.4, -0.2) is 27.4 Å². The maximum atomic E-state index is 12.0. The van der Waals surface area contributed by atoms with Gasteiger partial charge in [0, 0.05) is 37.7 Å². The topological polar surface area (TPSA) is 73.0 Å². The van der Waals surface area contributed by atoms with Crippen molar-refractivity contribution in [2.24, 2.45) is 24.8 Å². The number of hydrogen-bond donors (Lipinski definition) is 1. The van der Waals surface area contributed by atoms with Gasteiger partial charge in [0.1, 0.15) is 0 Å². The molecule has 1 N–H and O–H groups in total. The largest absolute Gasteiger partial charge is 0.356 e. The van der Waals surface area contributed by atoms with E-state index in [1.165, 1.54) is 0 Å². The van der Waals surface area contributed by atoms with E-state index in [0.29, 0.717) is 17.8 Å². The lowest BCUT2D eigenvalue weighted by Gasteiger charge is -2.28. The quantitative estimate of drug-likeness (QED) is 0.891. The summed E-state index contributed by atoms with van der Waals surface area (Å²) in [6, 6.07) is 1.97. The van der Waals surface area contributed by atoms with Gasteiger partial charge in [-0.2, -0.15) is 5.10 Å². The van der Waals surface area contributed by atoms with E-state index in [0.717, 1.165) is 61.4 Å². The van der Waals surface area contributed by atoms with Crippen LogP contribution in [0.5, 0.6) is 0 Å². The van der Waals surface area contributed by atoms with E-state index in [-0.39, 0.29) is 11.8 Å². The number of amides is 1. The molecule has 0 radical (unpaired) electrons. The van der Waals surface area contributed by atoms with Gasteiger partial charge in [-0.25, -0.2) is 0 Å². The molecule has 1 amide bonds. The summed E-state index contributed by atoms with van der Waals surface area (Å²) in [5.74, 6) is 2.95. The minimum atomic E-state index is 0.257. The van der Waals surface area contributed by atoms with Gasteiger partial charge in [-0.3, -0.25) is 9.48 Å². The fraction of sp³-hybridized carbons (Fsp3) is 0.650. The number of nitrogens with zero attached hydrogens (tertiary/aromatic N) is 3. The molecule has 2 aromatic rings. The van der Waals surface area contributed by atoms with Crippen molar-refractivity contribution in [2.45, 2.75) is 51.9 Å². The molecule has 140 valence electrons. The van der Waals surface area contributed by atoms with Crippen LogP contribution in [0, 0.1) is 24.7 Å². The molecule has 6 nitrogen and oxygen atoms in total. The van der Waals surface area contributed by atoms with E-state index >= 15 is 0 Å². The molecule has 2 heterocycles. The molecule has 0 saturated heterocycles. The molecule has 2 aliphatic rings. The third-order valence-corrected chi connectivity index (χ3v) is 6.00. The van der Waals surface area contributed by atoms with E-state index in [1.807, 2.05) is 30.9 Å². The van der Waals surface area contributed by atoms with Crippen LogP contribution in [0.25, 0.3) is 11.3 Å². The highest BCUT2D eigenvalue weighted by Crippen LogP contribution is 2.40. The molecule has 6 heteroatoms. The van der Waals surface area contributed by atoms with Crippen LogP contribution in [0.2, 0.25) is 0 Å². The van der Waals surface area contributed by atoms with Crippen molar-refractivity contribution in [1.29, 1.82) is 0 Å². The Bertz CT molecular complexity index is 786. The lowest BCUT2D eigenvalue weighted by Crippen LogP contribution is -2.32. The summed E-state index contributed by atoms with van der Waals surface area (Å²) < 4.78 is 7.33. The lowest BCUT2D eigenvalue weighted by molar-refractivity contribution is -0.122. The Morgan fingerprint density at radius 1 is 1.35 bits per heavy atom. The summed E-state index contributed by atoms with van der Waals surface area (Å²) in [6.45, 7) is 4.91. The average molecular weight is 356 g/mol. The molecule has 0 aliphatic heterocycles. The Kier molecular flexibility index (Phi) is 4.59. The van der Waals surface area contributed by atoms with Crippen molar-refractivity contribution in [3.8, 4) is 11.3 Å². The fourth-order valence-corrected chi connectivity index (χ4v) is 4.19. The second-order valence-corrected chi connectivity index (χ2v) is 8.22. The van der Waals surface area contributed by atoms with Gasteiger partial charge in [0.25, 0.3) is 0 Å². The van der Waals surface area contributed by atoms with Crippen LogP contribution in [0.4, 0.5) is 0 Å². The zero-order valence-corrected chi connectivity index (χ0v) is 15.9. The van der Waals surface area contributed by atoms with E-state index in [1.54, 1.807) is 0 Å². The van der Waals surface area contributed by atoms with E-state index < -0.39 is 0 Å². The van der Waals surface area contributed by atoms with Crippen LogP contribution < -0.4 is 5.32 Å². The number of nitrogens with one attached hydrogen (secondary N) is 1. The van der Waals surface area contributed by atoms with E-state index in [4.69, 9.17) is 9.62 Å². The SMILES string of the molecule is Cc1cc(-c2cn(C)nc2C2CCC(CNC(=O)[C@H]3C[C@H]3C)CC2)on1. The Morgan fingerprint density at radius 2 is 2.08 bits per heavy atom. The molecular formula is C20H28N4O2. The maximum Gasteiger partial charge on any atom is 0.223 e. The summed E-state index contributed by atoms with van der Waals surface area (Å²) in [7, 11) is 1.95. The lowest BCUT2D eigenvalue weighted by atomic mass is 9.79. The normalized spacial score (nSPS) is 28.1. The third kappa shape index (κ3) is 3.55. The highest BCUT2D eigenvalue weighted by Gasteiger charge is 2.39. The number of carbonyl (C=O) groups excluding carboxylic acids is 1. The second-order valence-electron chi connectivity index (χ2n) is 8.22. The predicted molar refractivity (Wildman–Crippen MR) is 98.4 cm³/mol. The van der Waals surface area contributed by atoms with E-state index in [9.17, 15) is 4.79 Å². The highest BCUT2D eigenvalue weighted by molar-refractivity contribution is 5.81. The Labute approximate surface area is 154 Å². The van der Waals surface area contributed by atoms with Crippen LogP contribution in [-0.2, 0) is 11.8 Å². The number of aryl methyl sites for hydroxylation is 2. The predicted octanol–water partition coefficient (Wildman–Crippen LogP) is 3.43. The van der Waals surface area contributed by atoms with Gasteiger partial charge in [-0.15, -0.1) is 0 Å². The summed E-state index contributed by atoms with van der Waals surface area (Å²) >= 11 is 0. The molecule has 0 aromatic carbocycles. The summed E-state index contributed by atoms with van der Waals surface area (Å²) in [5.41, 5.74) is 3.07. The van der Waals surface area contributed by atoms with Crippen molar-refractivity contribution in [3.63, 3.8) is 0 Å². The van der Waals surface area contributed by atoms with Crippen LogP contribution in [0.3, 0.4) is 0 Å². The molecule has 0 spiro atoms. The number of carbonyl (C=O) groups is 1. The van der Waals surface area contributed by atoms with Crippen LogP contribution >= 0.6 is 0 Å². The number of rotatable bonds is 5. The molecular weight excluding hydrogens is 328 g/mol. The van der Waals surface area contributed by atoms with Crippen LogP contribution in [0.1, 0.15) is 56.3 Å². The molecule has 2 fully saturated rings. The monoisotopic (exact) mass is 356 g/mol. The standard InChI is InChI=1S/C20H28N4O2/c1-12-8-16(12)20(25)21-10-14-4-6-15(7-5-14)19-17(11-24(3)22-19)18-9-13(2)23-26-18/h9,11-12,14-16H,4-8,10H2,1-3H3,(H,21,25)/t12-,14?,15?,16+/m1/s1. The fourth-order valence-electron chi connectivity index (χ4n) is 4.19. The van der Waals surface area contributed by atoms with Crippen molar-refractivity contribution in [3.05, 3.63) is 23.7 Å². The molecule has 2 aromatic heterocycles. The minimum Gasteiger partial charge on any atom is -0.356 e. The number of aromatic nitrogens is 3. The van der Waals surface area contributed by atoms with Gasteiger partial charge in [0.05, 0.1) is 17.0 Å². The molecule has 2 saturated carbocycles. The van der Waals surface area contributed by atoms with Gasteiger partial charge in [-0.05, 0) is 50.9 Å². The third-order valence-electron chi connectivity index (χ3n) is 6.00. The second kappa shape index (κ2) is 6.89. The minimum absolute atomic E-state index is 0.257. The highest BCUT2D eigenvalue weighted by atomic mass is 16.5. The van der Waals surface area contributed by atoms with Gasteiger partial charge in [0.15, 0.2) is 5.76 Å². The molecule has 26 heavy (non-hydrogen) atoms. The summed E-state index contributed by atoms with van der Waals surface area (Å²) in [5, 5.41) is 11.9. The molecule has 4 rings (SSSR count). The first-order valence-corrected chi connectivity index (χ1v) is 9.76. The summed E-state index contributed by atoms with van der Waals surface area (Å²) in [4.78, 5) is 12.0. The first-order chi connectivity index (χ1) is 12.5. The van der Waals surface area contributed by atoms with Gasteiger partial charge in [0.2, 0.25) is 5.91 Å². The Balaban J connectivity index is 1.35. The maximum absolute atomic E-state index is 12.0. The molecule has 0 bridgehead atoms. The zero-order chi connectivity index (χ0) is 18.3. The first kappa shape index (κ1) is 17.3. The Morgan fingerprint density at radius 3 is 2.69 bits per heavy atom. The van der Waals surface area contributed by atoms with E-state index in [2.05, 4.69) is 17.4 Å². The molecule has 2 atom stereocenters. The first-order valence-electron chi connectivity index (χ1n) is 9.76. The summed E-state index contributed by atoms with van der Waals surface area (Å²) in [6.07, 6.45) is 7.57. The van der Waals surface area contributed by atoms with Gasteiger partial charge in [-0.1, -0.05) is 12.1 Å². The Hall–Kier alpha value is -2.11. The van der Waals surface area contributed by atoms with Crippen LogP contribution in [0.15, 0.2) is 16.8 Å². The van der Waals surface area contributed by atoms with Crippen molar-refractivity contribution >= 4 is 5.91 Å². The van der Waals surface area contributed by atoms with Crippen molar-refractivity contribution in [2.75, 3.05) is 6.54 Å². The average Bonchev–Trinajstić information content (AvgIpc) is 3.02. The molecule has 0 unspecified atom stereocenters. The van der Waals surface area contributed by atoms with Crippen molar-refractivity contribution in [1.82, 2.24) is 20.3 Å². The zero-order valence-electron chi connectivity index (χ0n) is 15.9. The van der Waals surface area contributed by atoms with Gasteiger partial charge >= 0.3 is 0 Å². The smallest absolute Gasteiger partial charge is 0.223 e. The van der Waals surface area contributed by atoms with Crippen molar-refractivity contribution < 1.29 is 9.32 Å². The number of hydrogen-bond acceptors (Lipinski definition) is 4. The molecule has 2 aliphatic carbocycles. The van der Waals surface area contributed by atoms with Gasteiger partial charge < -0.3 is 9.84 Å².